The van der Waals surface area contributed by atoms with Crippen molar-refractivity contribution in [3.63, 3.8) is 0 Å². The van der Waals surface area contributed by atoms with Crippen molar-refractivity contribution in [1.29, 1.82) is 0 Å². The van der Waals surface area contributed by atoms with Crippen molar-refractivity contribution in [2.75, 3.05) is 6.54 Å². The highest BCUT2D eigenvalue weighted by atomic mass is 15.2. The van der Waals surface area contributed by atoms with Gasteiger partial charge in [0.1, 0.15) is 0 Å². The quantitative estimate of drug-likeness (QED) is 0.759. The molecule has 2 heteroatoms. The molecule has 0 aromatic carbocycles. The lowest BCUT2D eigenvalue weighted by atomic mass is 9.96. The van der Waals surface area contributed by atoms with Gasteiger partial charge in [-0.2, -0.15) is 0 Å². The number of hydrogen-bond donors (Lipinski definition) is 1. The highest BCUT2D eigenvalue weighted by molar-refractivity contribution is 4.80. The van der Waals surface area contributed by atoms with Crippen LogP contribution in [0.5, 0.6) is 0 Å². The predicted molar refractivity (Wildman–Crippen MR) is 67.0 cm³/mol. The van der Waals surface area contributed by atoms with E-state index in [4.69, 9.17) is 5.73 Å². The minimum absolute atomic E-state index is 0.413. The summed E-state index contributed by atoms with van der Waals surface area (Å²) in [5, 5.41) is 0. The monoisotopic (exact) mass is 212 g/mol. The fourth-order valence-corrected chi connectivity index (χ4v) is 2.75. The maximum atomic E-state index is 6.07. The molecule has 1 heterocycles. The third-order valence-corrected chi connectivity index (χ3v) is 3.79. The molecule has 0 bridgehead atoms. The van der Waals surface area contributed by atoms with Gasteiger partial charge >= 0.3 is 0 Å². The van der Waals surface area contributed by atoms with Gasteiger partial charge in [0, 0.05) is 24.7 Å². The van der Waals surface area contributed by atoms with Crippen molar-refractivity contribution in [1.82, 2.24) is 4.90 Å². The van der Waals surface area contributed by atoms with E-state index in [-0.39, 0.29) is 0 Å². The summed E-state index contributed by atoms with van der Waals surface area (Å²) < 4.78 is 0. The maximum Gasteiger partial charge on any atom is 0.00697 e. The van der Waals surface area contributed by atoms with Crippen molar-refractivity contribution < 1.29 is 0 Å². The third kappa shape index (κ3) is 4.12. The number of nitrogens with zero attached hydrogens (tertiary/aromatic N) is 1. The molecule has 15 heavy (non-hydrogen) atoms. The molecular formula is C13H28N2. The van der Waals surface area contributed by atoms with Gasteiger partial charge < -0.3 is 5.73 Å². The van der Waals surface area contributed by atoms with Gasteiger partial charge in [-0.3, -0.25) is 4.90 Å². The molecule has 3 unspecified atom stereocenters. The number of piperidine rings is 1. The predicted octanol–water partition coefficient (Wildman–Crippen LogP) is 2.77. The zero-order chi connectivity index (χ0) is 11.3. The maximum absolute atomic E-state index is 6.07. The first kappa shape index (κ1) is 13.0. The summed E-state index contributed by atoms with van der Waals surface area (Å²) in [4.78, 5) is 2.65. The molecule has 1 aliphatic heterocycles. The summed E-state index contributed by atoms with van der Waals surface area (Å²) in [6.45, 7) is 8.14. The van der Waals surface area contributed by atoms with Crippen LogP contribution in [0.2, 0.25) is 0 Å². The van der Waals surface area contributed by atoms with Crippen molar-refractivity contribution in [3.05, 3.63) is 0 Å². The van der Waals surface area contributed by atoms with Crippen molar-refractivity contribution >= 4 is 0 Å². The molecule has 0 aromatic rings. The summed E-state index contributed by atoms with van der Waals surface area (Å²) in [5.41, 5.74) is 6.07. The average molecular weight is 212 g/mol. The number of hydrogen-bond acceptors (Lipinski definition) is 2. The number of nitrogens with two attached hydrogens (primary N) is 1. The van der Waals surface area contributed by atoms with Crippen LogP contribution in [-0.2, 0) is 0 Å². The Balaban J connectivity index is 2.28. The van der Waals surface area contributed by atoms with E-state index in [1.54, 1.807) is 0 Å². The Labute approximate surface area is 95.2 Å². The highest BCUT2D eigenvalue weighted by Crippen LogP contribution is 2.22. The Hall–Kier alpha value is -0.0800. The molecule has 1 aliphatic rings. The molecule has 2 nitrogen and oxygen atoms in total. The van der Waals surface area contributed by atoms with E-state index in [9.17, 15) is 0 Å². The van der Waals surface area contributed by atoms with Crippen molar-refractivity contribution in [2.24, 2.45) is 5.73 Å². The van der Waals surface area contributed by atoms with Crippen LogP contribution < -0.4 is 5.73 Å². The van der Waals surface area contributed by atoms with Gasteiger partial charge in [0.05, 0.1) is 0 Å². The first-order valence-electron chi connectivity index (χ1n) is 6.66. The molecule has 0 amide bonds. The second-order valence-electron chi connectivity index (χ2n) is 5.20. The lowest BCUT2D eigenvalue weighted by Crippen LogP contribution is -2.45. The van der Waals surface area contributed by atoms with Gasteiger partial charge in [-0.15, -0.1) is 0 Å². The van der Waals surface area contributed by atoms with Crippen LogP contribution in [0.4, 0.5) is 0 Å². The van der Waals surface area contributed by atoms with Crippen LogP contribution in [0.15, 0.2) is 0 Å². The normalized spacial score (nSPS) is 30.4. The molecule has 1 saturated heterocycles. The summed E-state index contributed by atoms with van der Waals surface area (Å²) in [6.07, 6.45) is 7.70. The van der Waals surface area contributed by atoms with Gasteiger partial charge in [-0.25, -0.2) is 0 Å². The first-order valence-corrected chi connectivity index (χ1v) is 6.66. The van der Waals surface area contributed by atoms with E-state index >= 15 is 0 Å². The van der Waals surface area contributed by atoms with Crippen LogP contribution in [0.25, 0.3) is 0 Å². The summed E-state index contributed by atoms with van der Waals surface area (Å²) in [6, 6.07) is 1.95. The second kappa shape index (κ2) is 6.49. The lowest BCUT2D eigenvalue weighted by molar-refractivity contribution is 0.0993. The fraction of sp³-hybridized carbons (Fsp3) is 1.00. The summed E-state index contributed by atoms with van der Waals surface area (Å²) >= 11 is 0. The average Bonchev–Trinajstić information content (AvgIpc) is 2.17. The van der Waals surface area contributed by atoms with E-state index in [1.165, 1.54) is 45.1 Å². The Morgan fingerprint density at radius 2 is 1.80 bits per heavy atom. The molecule has 1 fully saturated rings. The Bertz CT molecular complexity index is 160. The smallest absolute Gasteiger partial charge is 0.00697 e. The van der Waals surface area contributed by atoms with E-state index in [2.05, 4.69) is 25.7 Å². The highest BCUT2D eigenvalue weighted by Gasteiger charge is 2.24. The standard InChI is InChI=1S/C13H28N2/c1-4-6-13(14)9-10-15-11(2)7-5-8-12(15)3/h11-13H,4-10,14H2,1-3H3. The van der Waals surface area contributed by atoms with Crippen LogP contribution in [0, 0.1) is 0 Å². The van der Waals surface area contributed by atoms with E-state index in [0.717, 1.165) is 12.1 Å². The SMILES string of the molecule is CCCC(N)CCN1C(C)CCCC1C. The molecule has 0 aromatic heterocycles. The molecule has 0 radical (unpaired) electrons. The van der Waals surface area contributed by atoms with Gasteiger partial charge in [0.15, 0.2) is 0 Å². The molecule has 2 N–H and O–H groups in total. The Kier molecular flexibility index (Phi) is 5.62. The minimum Gasteiger partial charge on any atom is -0.328 e. The molecule has 0 aliphatic carbocycles. The van der Waals surface area contributed by atoms with Crippen LogP contribution in [-0.4, -0.2) is 29.6 Å². The molecular weight excluding hydrogens is 184 g/mol. The van der Waals surface area contributed by atoms with Crippen molar-refractivity contribution in [2.45, 2.75) is 77.4 Å². The van der Waals surface area contributed by atoms with E-state index in [0.29, 0.717) is 6.04 Å². The van der Waals surface area contributed by atoms with Gasteiger partial charge in [-0.05, 0) is 39.5 Å². The molecule has 3 atom stereocenters. The largest absolute Gasteiger partial charge is 0.328 e. The number of rotatable bonds is 5. The zero-order valence-electron chi connectivity index (χ0n) is 10.7. The Morgan fingerprint density at radius 1 is 1.20 bits per heavy atom. The van der Waals surface area contributed by atoms with E-state index in [1.807, 2.05) is 0 Å². The minimum atomic E-state index is 0.413. The summed E-state index contributed by atoms with van der Waals surface area (Å²) in [7, 11) is 0. The van der Waals surface area contributed by atoms with Gasteiger partial charge in [0.2, 0.25) is 0 Å². The van der Waals surface area contributed by atoms with Crippen LogP contribution >= 0.6 is 0 Å². The van der Waals surface area contributed by atoms with Gasteiger partial charge in [0.25, 0.3) is 0 Å². The lowest BCUT2D eigenvalue weighted by Gasteiger charge is -2.39. The number of likely N-dealkylation sites (tertiary alicyclic amines) is 1. The van der Waals surface area contributed by atoms with E-state index < -0.39 is 0 Å². The molecule has 1 rings (SSSR count). The van der Waals surface area contributed by atoms with Crippen molar-refractivity contribution in [3.8, 4) is 0 Å². The molecule has 0 saturated carbocycles. The fourth-order valence-electron chi connectivity index (χ4n) is 2.75. The topological polar surface area (TPSA) is 29.3 Å². The second-order valence-corrected chi connectivity index (χ2v) is 5.20. The third-order valence-electron chi connectivity index (χ3n) is 3.79. The Morgan fingerprint density at radius 3 is 2.33 bits per heavy atom. The molecule has 0 spiro atoms. The van der Waals surface area contributed by atoms with Gasteiger partial charge in [-0.1, -0.05) is 19.8 Å². The van der Waals surface area contributed by atoms with Crippen LogP contribution in [0.3, 0.4) is 0 Å². The first-order chi connectivity index (χ1) is 7.15. The summed E-state index contributed by atoms with van der Waals surface area (Å²) in [5.74, 6) is 0. The van der Waals surface area contributed by atoms with Crippen LogP contribution in [0.1, 0.15) is 59.3 Å². The molecule has 90 valence electrons. The zero-order valence-corrected chi connectivity index (χ0v) is 10.7.